The summed E-state index contributed by atoms with van der Waals surface area (Å²) in [7, 11) is 1.68. The Bertz CT molecular complexity index is 843. The van der Waals surface area contributed by atoms with Crippen LogP contribution in [0.3, 0.4) is 0 Å². The number of benzene rings is 1. The van der Waals surface area contributed by atoms with Gasteiger partial charge in [-0.2, -0.15) is 0 Å². The van der Waals surface area contributed by atoms with E-state index in [0.29, 0.717) is 6.54 Å². The molecule has 1 aliphatic carbocycles. The summed E-state index contributed by atoms with van der Waals surface area (Å²) in [5, 5.41) is 3.22. The molecule has 2 heterocycles. The molecule has 2 aromatic rings. The largest absolute Gasteiger partial charge is 0.497 e. The second-order valence-electron chi connectivity index (χ2n) is 8.22. The summed E-state index contributed by atoms with van der Waals surface area (Å²) >= 11 is 1.68. The van der Waals surface area contributed by atoms with Gasteiger partial charge in [-0.25, -0.2) is 0 Å². The molecule has 4 rings (SSSR count). The molecule has 1 amide bonds. The summed E-state index contributed by atoms with van der Waals surface area (Å²) in [6.45, 7) is 6.07. The zero-order valence-electron chi connectivity index (χ0n) is 18.0. The number of nitrogens with one attached hydrogen (secondary N) is 1. The van der Waals surface area contributed by atoms with Gasteiger partial charge in [0, 0.05) is 24.5 Å². The minimum atomic E-state index is 0.0502. The first kappa shape index (κ1) is 21.3. The van der Waals surface area contributed by atoms with Crippen molar-refractivity contribution in [1.29, 1.82) is 0 Å². The van der Waals surface area contributed by atoms with Crippen molar-refractivity contribution in [3.63, 3.8) is 0 Å². The van der Waals surface area contributed by atoms with Crippen LogP contribution in [0.25, 0.3) is 0 Å². The van der Waals surface area contributed by atoms with Crippen LogP contribution in [0.5, 0.6) is 5.75 Å². The summed E-state index contributed by atoms with van der Waals surface area (Å²) < 4.78 is 10.8. The predicted molar refractivity (Wildman–Crippen MR) is 121 cm³/mol. The Morgan fingerprint density at radius 2 is 2.07 bits per heavy atom. The van der Waals surface area contributed by atoms with Gasteiger partial charge < -0.3 is 14.8 Å². The molecule has 30 heavy (non-hydrogen) atoms. The van der Waals surface area contributed by atoms with Gasteiger partial charge in [-0.3, -0.25) is 9.69 Å². The first-order valence-electron chi connectivity index (χ1n) is 11.0. The highest BCUT2D eigenvalue weighted by molar-refractivity contribution is 7.14. The number of aryl methyl sites for hydroxylation is 1. The molecule has 0 radical (unpaired) electrons. The molecule has 0 bridgehead atoms. The topological polar surface area (TPSA) is 50.8 Å². The van der Waals surface area contributed by atoms with Crippen LogP contribution < -0.4 is 10.1 Å². The van der Waals surface area contributed by atoms with Gasteiger partial charge in [-0.15, -0.1) is 11.3 Å². The number of hydrogen-bond donors (Lipinski definition) is 1. The molecule has 1 saturated heterocycles. The van der Waals surface area contributed by atoms with Crippen LogP contribution in [0, 0.1) is 5.92 Å². The summed E-state index contributed by atoms with van der Waals surface area (Å²) in [5.41, 5.74) is 2.58. The lowest BCUT2D eigenvalue weighted by atomic mass is 9.87. The summed E-state index contributed by atoms with van der Waals surface area (Å²) in [6, 6.07) is 10.4. The third-order valence-electron chi connectivity index (χ3n) is 6.43. The number of hydrogen-bond acceptors (Lipinski definition) is 5. The van der Waals surface area contributed by atoms with Gasteiger partial charge >= 0.3 is 0 Å². The van der Waals surface area contributed by atoms with Crippen molar-refractivity contribution in [2.75, 3.05) is 40.0 Å². The zero-order valence-corrected chi connectivity index (χ0v) is 18.8. The number of morpholine rings is 1. The third-order valence-corrected chi connectivity index (χ3v) is 7.66. The molecular formula is C24H32N2O3S. The molecule has 1 aromatic heterocycles. The smallest absolute Gasteiger partial charge is 0.261 e. The first-order valence-corrected chi connectivity index (χ1v) is 11.8. The third kappa shape index (κ3) is 4.88. The highest BCUT2D eigenvalue weighted by Gasteiger charge is 2.25. The average Bonchev–Trinajstić information content (AvgIpc) is 3.23. The molecule has 1 N–H and O–H groups in total. The standard InChI is InChI=1S/C24H32N2O3S/c1-3-17-4-9-22-19(14-17)15-23(30-22)24(27)25-16-21(26-10-12-29-13-11-26)18-5-7-20(28-2)8-6-18/h5-8,15,17,21H,3-4,9-14,16H2,1-2H3,(H,25,27). The van der Waals surface area contributed by atoms with Crippen molar-refractivity contribution in [3.8, 4) is 5.75 Å². The molecule has 1 fully saturated rings. The molecule has 5 nitrogen and oxygen atoms in total. The second-order valence-corrected chi connectivity index (χ2v) is 9.36. The number of thiophene rings is 1. The Hall–Kier alpha value is -1.89. The van der Waals surface area contributed by atoms with E-state index in [1.165, 1.54) is 28.8 Å². The van der Waals surface area contributed by atoms with E-state index in [-0.39, 0.29) is 11.9 Å². The van der Waals surface area contributed by atoms with Crippen molar-refractivity contribution in [1.82, 2.24) is 10.2 Å². The van der Waals surface area contributed by atoms with Gasteiger partial charge in [0.25, 0.3) is 5.91 Å². The molecule has 0 spiro atoms. The maximum Gasteiger partial charge on any atom is 0.261 e. The fourth-order valence-electron chi connectivity index (χ4n) is 4.51. The van der Waals surface area contributed by atoms with Crippen molar-refractivity contribution in [2.45, 2.75) is 38.6 Å². The predicted octanol–water partition coefficient (Wildman–Crippen LogP) is 4.07. The number of methoxy groups -OCH3 is 1. The Balaban J connectivity index is 1.45. The molecule has 2 atom stereocenters. The molecule has 0 saturated carbocycles. The molecule has 2 unspecified atom stereocenters. The van der Waals surface area contributed by atoms with E-state index < -0.39 is 0 Å². The second kappa shape index (κ2) is 9.94. The fraction of sp³-hybridized carbons (Fsp3) is 0.542. The van der Waals surface area contributed by atoms with Gasteiger partial charge in [-0.1, -0.05) is 25.5 Å². The lowest BCUT2D eigenvalue weighted by Gasteiger charge is -2.35. The van der Waals surface area contributed by atoms with Gasteiger partial charge in [0.1, 0.15) is 5.75 Å². The minimum Gasteiger partial charge on any atom is -0.497 e. The Kier molecular flexibility index (Phi) is 7.08. The lowest BCUT2D eigenvalue weighted by molar-refractivity contribution is 0.0162. The van der Waals surface area contributed by atoms with Crippen LogP contribution in [0.4, 0.5) is 0 Å². The zero-order chi connectivity index (χ0) is 20.9. The highest BCUT2D eigenvalue weighted by atomic mass is 32.1. The van der Waals surface area contributed by atoms with Crippen LogP contribution in [0.1, 0.15) is 51.5 Å². The maximum absolute atomic E-state index is 13.0. The van der Waals surface area contributed by atoms with E-state index in [0.717, 1.165) is 55.7 Å². The van der Waals surface area contributed by atoms with E-state index in [4.69, 9.17) is 9.47 Å². The maximum atomic E-state index is 13.0. The Labute approximate surface area is 183 Å². The Morgan fingerprint density at radius 1 is 1.30 bits per heavy atom. The van der Waals surface area contributed by atoms with E-state index in [9.17, 15) is 4.79 Å². The van der Waals surface area contributed by atoms with Crippen molar-refractivity contribution in [3.05, 3.63) is 51.2 Å². The Morgan fingerprint density at radius 3 is 2.77 bits per heavy atom. The van der Waals surface area contributed by atoms with E-state index in [2.05, 4.69) is 35.3 Å². The van der Waals surface area contributed by atoms with E-state index in [1.807, 2.05) is 12.1 Å². The van der Waals surface area contributed by atoms with Crippen LogP contribution in [0.15, 0.2) is 30.3 Å². The quantitative estimate of drug-likeness (QED) is 0.722. The normalized spacial score (nSPS) is 20.4. The molecule has 2 aliphatic rings. The summed E-state index contributed by atoms with van der Waals surface area (Å²) in [5.74, 6) is 1.66. The van der Waals surface area contributed by atoms with Crippen molar-refractivity contribution in [2.24, 2.45) is 5.92 Å². The number of carbonyl (C=O) groups is 1. The number of amides is 1. The minimum absolute atomic E-state index is 0.0502. The monoisotopic (exact) mass is 428 g/mol. The SMILES string of the molecule is CCC1CCc2sc(C(=O)NCC(c3ccc(OC)cc3)N3CCOCC3)cc2C1. The fourth-order valence-corrected chi connectivity index (χ4v) is 5.63. The van der Waals surface area contributed by atoms with Crippen molar-refractivity contribution < 1.29 is 14.3 Å². The van der Waals surface area contributed by atoms with Crippen LogP contribution in [-0.4, -0.2) is 50.8 Å². The van der Waals surface area contributed by atoms with Gasteiger partial charge in [0.15, 0.2) is 0 Å². The molecule has 1 aliphatic heterocycles. The highest BCUT2D eigenvalue weighted by Crippen LogP contribution is 2.33. The molecular weight excluding hydrogens is 396 g/mol. The molecule has 1 aromatic carbocycles. The van der Waals surface area contributed by atoms with Crippen molar-refractivity contribution >= 4 is 17.2 Å². The number of nitrogens with zero attached hydrogens (tertiary/aromatic N) is 1. The van der Waals surface area contributed by atoms with Crippen LogP contribution in [-0.2, 0) is 17.6 Å². The van der Waals surface area contributed by atoms with Crippen LogP contribution in [0.2, 0.25) is 0 Å². The van der Waals surface area contributed by atoms with E-state index >= 15 is 0 Å². The first-order chi connectivity index (χ1) is 14.7. The number of fused-ring (bicyclic) bond motifs is 1. The lowest BCUT2D eigenvalue weighted by Crippen LogP contribution is -2.43. The van der Waals surface area contributed by atoms with Gasteiger partial charge in [-0.05, 0) is 54.5 Å². The van der Waals surface area contributed by atoms with Gasteiger partial charge in [0.2, 0.25) is 0 Å². The molecule has 6 heteroatoms. The molecule has 162 valence electrons. The average molecular weight is 429 g/mol. The van der Waals surface area contributed by atoms with Gasteiger partial charge in [0.05, 0.1) is 31.2 Å². The van der Waals surface area contributed by atoms with E-state index in [1.54, 1.807) is 18.4 Å². The van der Waals surface area contributed by atoms with Crippen LogP contribution >= 0.6 is 11.3 Å². The number of carbonyl (C=O) groups excluding carboxylic acids is 1. The number of ether oxygens (including phenoxy) is 2. The summed E-state index contributed by atoms with van der Waals surface area (Å²) in [6.07, 6.45) is 4.72. The summed E-state index contributed by atoms with van der Waals surface area (Å²) in [4.78, 5) is 17.6. The number of rotatable bonds is 7.